The fourth-order valence-corrected chi connectivity index (χ4v) is 7.35. The molecule has 7 aromatic rings. The summed E-state index contributed by atoms with van der Waals surface area (Å²) in [7, 11) is 0. The normalized spacial score (nSPS) is 19.6. The second-order valence-corrected chi connectivity index (χ2v) is 10.4. The molecule has 1 aliphatic heterocycles. The van der Waals surface area contributed by atoms with Crippen LogP contribution in [0, 0.1) is 0 Å². The molecule has 5 nitrogen and oxygen atoms in total. The molecule has 5 aromatic heterocycles. The molecule has 0 N–H and O–H groups in total. The number of thiophene rings is 2. The maximum atomic E-state index is 13.6. The summed E-state index contributed by atoms with van der Waals surface area (Å²) in [6.07, 6.45) is 1.13. The Kier molecular flexibility index (Phi) is 2.40. The van der Waals surface area contributed by atoms with Crippen LogP contribution in [-0.4, -0.2) is 18.9 Å². The zero-order chi connectivity index (χ0) is 20.0. The van der Waals surface area contributed by atoms with Crippen molar-refractivity contribution in [1.29, 1.82) is 0 Å². The molecular weight excluding hydrogens is 424 g/mol. The van der Waals surface area contributed by atoms with E-state index >= 15 is 0 Å². The van der Waals surface area contributed by atoms with Gasteiger partial charge in [-0.2, -0.15) is 0 Å². The molecule has 9 rings (SSSR count). The maximum Gasteiger partial charge on any atom is 0.264 e. The zero-order valence-corrected chi connectivity index (χ0v) is 17.6. The third-order valence-corrected chi connectivity index (χ3v) is 8.79. The van der Waals surface area contributed by atoms with Crippen LogP contribution in [0.25, 0.3) is 59.3 Å². The lowest BCUT2D eigenvalue weighted by Crippen LogP contribution is -2.13. The second kappa shape index (κ2) is 4.79. The summed E-state index contributed by atoms with van der Waals surface area (Å²) in [5, 5.41) is 8.20. The Bertz CT molecular complexity index is 1970. The summed E-state index contributed by atoms with van der Waals surface area (Å²) in [5.41, 5.74) is 5.41. The Morgan fingerprint density at radius 1 is 0.871 bits per heavy atom. The van der Waals surface area contributed by atoms with Gasteiger partial charge in [-0.3, -0.25) is 9.20 Å². The van der Waals surface area contributed by atoms with Crippen molar-refractivity contribution in [2.75, 3.05) is 0 Å². The minimum Gasteiger partial charge on any atom is -0.319 e. The van der Waals surface area contributed by atoms with E-state index in [-0.39, 0.29) is 5.56 Å². The second-order valence-electron chi connectivity index (χ2n) is 8.63. The van der Waals surface area contributed by atoms with Gasteiger partial charge in [-0.05, 0) is 58.5 Å². The SMILES string of the molecule is O=c1c2ccc3c4c(ccc(c42)c2nc4sccc4n12)-c1nc2sccc2n1C1CC31. The van der Waals surface area contributed by atoms with Crippen LogP contribution >= 0.6 is 22.7 Å². The highest BCUT2D eigenvalue weighted by atomic mass is 32.1. The van der Waals surface area contributed by atoms with E-state index in [9.17, 15) is 4.79 Å². The molecule has 6 heterocycles. The highest BCUT2D eigenvalue weighted by Crippen LogP contribution is 2.59. The van der Waals surface area contributed by atoms with Gasteiger partial charge in [0.05, 0.1) is 11.0 Å². The lowest BCUT2D eigenvalue weighted by Gasteiger charge is -2.13. The van der Waals surface area contributed by atoms with Crippen molar-refractivity contribution < 1.29 is 0 Å². The van der Waals surface area contributed by atoms with Gasteiger partial charge >= 0.3 is 0 Å². The molecule has 1 aliphatic carbocycles. The molecule has 0 spiro atoms. The molecule has 2 aromatic carbocycles. The van der Waals surface area contributed by atoms with Crippen molar-refractivity contribution in [3.8, 4) is 11.4 Å². The summed E-state index contributed by atoms with van der Waals surface area (Å²) in [5.74, 6) is 1.51. The molecule has 1 fully saturated rings. The maximum absolute atomic E-state index is 13.6. The summed E-state index contributed by atoms with van der Waals surface area (Å²) < 4.78 is 4.23. The van der Waals surface area contributed by atoms with Crippen molar-refractivity contribution in [2.24, 2.45) is 0 Å². The molecule has 0 bridgehead atoms. The fraction of sp³-hybridized carbons (Fsp3) is 0.125. The molecule has 0 amide bonds. The number of hydrogen-bond acceptors (Lipinski definition) is 5. The topological polar surface area (TPSA) is 52.2 Å². The Balaban J connectivity index is 1.56. The number of nitrogens with zero attached hydrogens (tertiary/aromatic N) is 4. The number of imidazole rings is 2. The molecule has 0 saturated heterocycles. The summed E-state index contributed by atoms with van der Waals surface area (Å²) in [6.45, 7) is 0. The third-order valence-electron chi connectivity index (χ3n) is 7.20. The number of fused-ring (bicyclic) bond motifs is 11. The van der Waals surface area contributed by atoms with Crippen molar-refractivity contribution in [2.45, 2.75) is 18.4 Å². The molecule has 7 heteroatoms. The van der Waals surface area contributed by atoms with E-state index in [4.69, 9.17) is 9.97 Å². The van der Waals surface area contributed by atoms with Gasteiger partial charge in [-0.15, -0.1) is 22.7 Å². The molecule has 31 heavy (non-hydrogen) atoms. The van der Waals surface area contributed by atoms with Crippen molar-refractivity contribution in [1.82, 2.24) is 18.9 Å². The van der Waals surface area contributed by atoms with E-state index in [1.165, 1.54) is 16.5 Å². The molecule has 1 saturated carbocycles. The Morgan fingerprint density at radius 3 is 2.58 bits per heavy atom. The first-order chi connectivity index (χ1) is 15.3. The molecule has 2 unspecified atom stereocenters. The van der Waals surface area contributed by atoms with Gasteiger partial charge in [0.2, 0.25) is 0 Å². The summed E-state index contributed by atoms with van der Waals surface area (Å²) in [6, 6.07) is 13.2. The number of pyridine rings is 1. The summed E-state index contributed by atoms with van der Waals surface area (Å²) >= 11 is 3.28. The Labute approximate surface area is 182 Å². The van der Waals surface area contributed by atoms with Crippen LogP contribution in [0.5, 0.6) is 0 Å². The van der Waals surface area contributed by atoms with Gasteiger partial charge in [0, 0.05) is 33.7 Å². The number of rotatable bonds is 0. The predicted molar refractivity (Wildman–Crippen MR) is 126 cm³/mol. The van der Waals surface area contributed by atoms with Crippen LogP contribution in [0.3, 0.4) is 0 Å². The summed E-state index contributed by atoms with van der Waals surface area (Å²) in [4.78, 5) is 25.5. The van der Waals surface area contributed by atoms with E-state index in [0.29, 0.717) is 12.0 Å². The average Bonchev–Trinajstić information content (AvgIpc) is 3.12. The van der Waals surface area contributed by atoms with E-state index < -0.39 is 0 Å². The van der Waals surface area contributed by atoms with Gasteiger partial charge in [-0.1, -0.05) is 6.07 Å². The van der Waals surface area contributed by atoms with Gasteiger partial charge in [0.15, 0.2) is 0 Å². The van der Waals surface area contributed by atoms with Crippen LogP contribution in [0.1, 0.15) is 23.9 Å². The quantitative estimate of drug-likeness (QED) is 0.303. The van der Waals surface area contributed by atoms with Crippen LogP contribution in [0.4, 0.5) is 0 Å². The monoisotopic (exact) mass is 436 g/mol. The average molecular weight is 437 g/mol. The molecule has 2 atom stereocenters. The number of benzene rings is 2. The molecule has 146 valence electrons. The lowest BCUT2D eigenvalue weighted by molar-refractivity contribution is 0.754. The van der Waals surface area contributed by atoms with E-state index in [1.54, 1.807) is 27.1 Å². The smallest absolute Gasteiger partial charge is 0.264 e. The first kappa shape index (κ1) is 15.5. The third kappa shape index (κ3) is 1.61. The van der Waals surface area contributed by atoms with Gasteiger partial charge in [0.25, 0.3) is 5.56 Å². The first-order valence-corrected chi connectivity index (χ1v) is 12.1. The Hall–Kier alpha value is -3.29. The zero-order valence-electron chi connectivity index (χ0n) is 16.0. The molecular formula is C24H12N4OS2. The van der Waals surface area contributed by atoms with Gasteiger partial charge in [0.1, 0.15) is 21.1 Å². The van der Waals surface area contributed by atoms with Crippen molar-refractivity contribution in [3.63, 3.8) is 0 Å². The number of aromatic nitrogens is 4. The first-order valence-electron chi connectivity index (χ1n) is 10.4. The van der Waals surface area contributed by atoms with Crippen LogP contribution in [0.2, 0.25) is 0 Å². The minimum atomic E-state index is 0.0213. The lowest BCUT2D eigenvalue weighted by atomic mass is 9.92. The van der Waals surface area contributed by atoms with E-state index in [0.717, 1.165) is 54.8 Å². The van der Waals surface area contributed by atoms with Gasteiger partial charge in [-0.25, -0.2) is 9.97 Å². The van der Waals surface area contributed by atoms with E-state index in [1.807, 2.05) is 17.5 Å². The van der Waals surface area contributed by atoms with Crippen molar-refractivity contribution >= 4 is 70.6 Å². The highest BCUT2D eigenvalue weighted by molar-refractivity contribution is 7.17. The molecule has 0 radical (unpaired) electrons. The Morgan fingerprint density at radius 2 is 1.68 bits per heavy atom. The van der Waals surface area contributed by atoms with Gasteiger partial charge < -0.3 is 4.57 Å². The fourth-order valence-electron chi connectivity index (χ4n) is 5.85. The minimum absolute atomic E-state index is 0.0213. The van der Waals surface area contributed by atoms with E-state index in [2.05, 4.69) is 34.2 Å². The molecule has 2 aliphatic rings. The predicted octanol–water partition coefficient (Wildman–Crippen LogP) is 5.77. The van der Waals surface area contributed by atoms with Crippen LogP contribution < -0.4 is 5.56 Å². The van der Waals surface area contributed by atoms with Crippen LogP contribution in [0.15, 0.2) is 52.0 Å². The number of hydrogen-bond donors (Lipinski definition) is 0. The largest absolute Gasteiger partial charge is 0.319 e. The van der Waals surface area contributed by atoms with Crippen LogP contribution in [-0.2, 0) is 0 Å². The standard InChI is InChI=1S/C24H12N4OS2/c29-24-13-4-1-10-14-9-17(14)27-15-5-7-30-22(15)25-20(27)11-2-3-12(19(13)18(10)11)21-26-23-16(28(21)24)6-8-31-23/h1-8,14,17H,9H2. The van der Waals surface area contributed by atoms with Crippen molar-refractivity contribution in [3.05, 3.63) is 63.1 Å². The highest BCUT2D eigenvalue weighted by Gasteiger charge is 2.45.